The highest BCUT2D eigenvalue weighted by Crippen LogP contribution is 2.35. The zero-order chi connectivity index (χ0) is 14.6. The lowest BCUT2D eigenvalue weighted by molar-refractivity contribution is -0.137. The van der Waals surface area contributed by atoms with Gasteiger partial charge in [0.15, 0.2) is 5.01 Å². The summed E-state index contributed by atoms with van der Waals surface area (Å²) >= 11 is 0.674. The van der Waals surface area contributed by atoms with Crippen molar-refractivity contribution in [3.63, 3.8) is 0 Å². The number of nitrogens with zero attached hydrogens (tertiary/aromatic N) is 2. The van der Waals surface area contributed by atoms with E-state index < -0.39 is 11.2 Å². The van der Waals surface area contributed by atoms with Crippen molar-refractivity contribution in [1.82, 2.24) is 15.3 Å². The Hall–Kier alpha value is -1.47. The van der Waals surface area contributed by atoms with Gasteiger partial charge in [-0.25, -0.2) is 4.98 Å². The summed E-state index contributed by atoms with van der Waals surface area (Å²) in [4.78, 5) is 7.96. The lowest BCUT2D eigenvalue weighted by Gasteiger charge is -2.16. The summed E-state index contributed by atoms with van der Waals surface area (Å²) in [6, 6.07) is 3.30. The normalized spacial score (nSPS) is 13.4. The molecule has 2 aromatic heterocycles. The van der Waals surface area contributed by atoms with Crippen LogP contribution in [0.1, 0.15) is 34.8 Å². The van der Waals surface area contributed by atoms with Crippen LogP contribution in [0.3, 0.4) is 0 Å². The third-order valence-electron chi connectivity index (χ3n) is 2.69. The Bertz CT molecular complexity index is 539. The van der Waals surface area contributed by atoms with E-state index in [1.165, 1.54) is 6.20 Å². The molecule has 2 heterocycles. The van der Waals surface area contributed by atoms with Gasteiger partial charge in [0.05, 0.1) is 6.04 Å². The van der Waals surface area contributed by atoms with Crippen LogP contribution in [0.15, 0.2) is 30.7 Å². The Morgan fingerprint density at radius 3 is 2.55 bits per heavy atom. The van der Waals surface area contributed by atoms with Crippen LogP contribution in [0.4, 0.5) is 13.2 Å². The second kappa shape index (κ2) is 6.32. The topological polar surface area (TPSA) is 37.8 Å². The van der Waals surface area contributed by atoms with Crippen molar-refractivity contribution in [3.8, 4) is 0 Å². The smallest absolute Gasteiger partial charge is 0.306 e. The van der Waals surface area contributed by atoms with E-state index in [0.717, 1.165) is 12.0 Å². The highest BCUT2D eigenvalue weighted by atomic mass is 32.1. The molecule has 0 bridgehead atoms. The minimum Gasteiger partial charge on any atom is -0.306 e. The second-order valence-electron chi connectivity index (χ2n) is 4.23. The van der Waals surface area contributed by atoms with Crippen molar-refractivity contribution >= 4 is 11.3 Å². The van der Waals surface area contributed by atoms with E-state index in [9.17, 15) is 13.2 Å². The minimum absolute atomic E-state index is 0.286. The zero-order valence-corrected chi connectivity index (χ0v) is 11.6. The van der Waals surface area contributed by atoms with Crippen LogP contribution in [-0.4, -0.2) is 16.5 Å². The first kappa shape index (κ1) is 14.9. The van der Waals surface area contributed by atoms with Crippen LogP contribution >= 0.6 is 11.3 Å². The summed E-state index contributed by atoms with van der Waals surface area (Å²) < 4.78 is 37.9. The van der Waals surface area contributed by atoms with E-state index in [-0.39, 0.29) is 6.04 Å². The number of thiazole rings is 1. The molecule has 108 valence electrons. The van der Waals surface area contributed by atoms with E-state index in [1.54, 1.807) is 24.5 Å². The first-order valence-corrected chi connectivity index (χ1v) is 7.00. The Morgan fingerprint density at radius 2 is 2.00 bits per heavy atom. The largest absolute Gasteiger partial charge is 0.443 e. The fourth-order valence-corrected chi connectivity index (χ4v) is 2.67. The number of hydrogen-bond acceptors (Lipinski definition) is 4. The quantitative estimate of drug-likeness (QED) is 0.916. The molecule has 1 atom stereocenters. The van der Waals surface area contributed by atoms with Crippen molar-refractivity contribution in [1.29, 1.82) is 0 Å². The van der Waals surface area contributed by atoms with Gasteiger partial charge in [0.25, 0.3) is 0 Å². The van der Waals surface area contributed by atoms with Crippen LogP contribution in [0, 0.1) is 0 Å². The van der Waals surface area contributed by atoms with E-state index in [4.69, 9.17) is 0 Å². The third kappa shape index (κ3) is 3.55. The van der Waals surface area contributed by atoms with Crippen molar-refractivity contribution in [2.24, 2.45) is 0 Å². The van der Waals surface area contributed by atoms with E-state index in [0.29, 0.717) is 22.8 Å². The van der Waals surface area contributed by atoms with Gasteiger partial charge in [-0.3, -0.25) is 4.98 Å². The molecule has 20 heavy (non-hydrogen) atoms. The molecule has 0 aliphatic heterocycles. The van der Waals surface area contributed by atoms with E-state index >= 15 is 0 Å². The van der Waals surface area contributed by atoms with Gasteiger partial charge in [0.2, 0.25) is 0 Å². The van der Waals surface area contributed by atoms with Crippen LogP contribution < -0.4 is 5.32 Å². The predicted molar refractivity (Wildman–Crippen MR) is 71.5 cm³/mol. The van der Waals surface area contributed by atoms with Crippen LogP contribution in [0.25, 0.3) is 0 Å². The third-order valence-corrected chi connectivity index (χ3v) is 3.80. The molecule has 1 unspecified atom stereocenters. The van der Waals surface area contributed by atoms with Gasteiger partial charge in [0, 0.05) is 23.5 Å². The number of aromatic nitrogens is 2. The summed E-state index contributed by atoms with van der Waals surface area (Å²) in [5.41, 5.74) is 0.880. The second-order valence-corrected chi connectivity index (χ2v) is 5.30. The lowest BCUT2D eigenvalue weighted by atomic mass is 10.1. The van der Waals surface area contributed by atoms with Crippen LogP contribution in [0.2, 0.25) is 0 Å². The number of nitrogens with one attached hydrogen (secondary N) is 1. The first-order valence-electron chi connectivity index (χ1n) is 6.18. The summed E-state index contributed by atoms with van der Waals surface area (Å²) in [6.45, 7) is 2.72. The highest BCUT2D eigenvalue weighted by Gasteiger charge is 2.35. The number of hydrogen-bond donors (Lipinski definition) is 1. The molecule has 2 rings (SSSR count). The summed E-state index contributed by atoms with van der Waals surface area (Å²) in [7, 11) is 0. The van der Waals surface area contributed by atoms with Gasteiger partial charge in [-0.1, -0.05) is 6.92 Å². The Morgan fingerprint density at radius 1 is 1.30 bits per heavy atom. The van der Waals surface area contributed by atoms with Crippen LogP contribution in [0.5, 0.6) is 0 Å². The van der Waals surface area contributed by atoms with Gasteiger partial charge in [-0.05, 0) is 30.7 Å². The fraction of sp³-hybridized carbons (Fsp3) is 0.385. The average molecular weight is 301 g/mol. The number of halogens is 3. The van der Waals surface area contributed by atoms with Gasteiger partial charge in [0.1, 0.15) is 0 Å². The van der Waals surface area contributed by atoms with Gasteiger partial charge in [-0.2, -0.15) is 13.2 Å². The molecule has 1 N–H and O–H groups in total. The molecule has 0 aliphatic carbocycles. The molecule has 0 saturated carbocycles. The number of rotatable bonds is 5. The monoisotopic (exact) mass is 301 g/mol. The molecule has 0 saturated heterocycles. The Kier molecular flexibility index (Phi) is 4.72. The molecular weight excluding hydrogens is 287 g/mol. The Labute approximate surface area is 118 Å². The number of alkyl halides is 3. The maximum Gasteiger partial charge on any atom is 0.443 e. The summed E-state index contributed by atoms with van der Waals surface area (Å²) in [5, 5.41) is 2.43. The molecule has 7 heteroatoms. The summed E-state index contributed by atoms with van der Waals surface area (Å²) in [5.74, 6) is 0. The maximum atomic E-state index is 12.6. The molecule has 0 fully saturated rings. The van der Waals surface area contributed by atoms with Gasteiger partial charge < -0.3 is 5.32 Å². The lowest BCUT2D eigenvalue weighted by Crippen LogP contribution is -2.22. The molecule has 0 aliphatic rings. The summed E-state index contributed by atoms with van der Waals surface area (Å²) in [6.07, 6.45) is 1.05. The Balaban J connectivity index is 2.29. The maximum absolute atomic E-state index is 12.6. The van der Waals surface area contributed by atoms with E-state index in [1.807, 2.05) is 6.92 Å². The molecule has 0 spiro atoms. The first-order chi connectivity index (χ1) is 9.52. The molecule has 2 aromatic rings. The average Bonchev–Trinajstić information content (AvgIpc) is 2.90. The van der Waals surface area contributed by atoms with Crippen molar-refractivity contribution in [2.75, 3.05) is 6.54 Å². The van der Waals surface area contributed by atoms with Gasteiger partial charge >= 0.3 is 6.18 Å². The zero-order valence-electron chi connectivity index (χ0n) is 10.8. The minimum atomic E-state index is -4.39. The molecule has 0 amide bonds. The highest BCUT2D eigenvalue weighted by molar-refractivity contribution is 7.11. The van der Waals surface area contributed by atoms with Crippen molar-refractivity contribution in [3.05, 3.63) is 46.2 Å². The van der Waals surface area contributed by atoms with Crippen LogP contribution in [-0.2, 0) is 6.18 Å². The van der Waals surface area contributed by atoms with Crippen molar-refractivity contribution in [2.45, 2.75) is 25.6 Å². The van der Waals surface area contributed by atoms with Gasteiger partial charge in [-0.15, -0.1) is 11.3 Å². The van der Waals surface area contributed by atoms with E-state index in [2.05, 4.69) is 15.3 Å². The SMILES string of the molecule is CCCNC(c1ccncc1)c1cnc(C(F)(F)F)s1. The molecular formula is C13H14F3N3S. The fourth-order valence-electron chi connectivity index (χ4n) is 1.78. The molecule has 0 aromatic carbocycles. The van der Waals surface area contributed by atoms with Crippen molar-refractivity contribution < 1.29 is 13.2 Å². The number of pyridine rings is 1. The molecule has 3 nitrogen and oxygen atoms in total. The molecule has 0 radical (unpaired) electrons. The predicted octanol–water partition coefficient (Wildman–Crippen LogP) is 3.65. The standard InChI is InChI=1S/C13H14F3N3S/c1-2-5-18-11(9-3-6-17-7-4-9)10-8-19-12(20-10)13(14,15)16/h3-4,6-8,11,18H,2,5H2,1H3.